The van der Waals surface area contributed by atoms with Gasteiger partial charge in [0.15, 0.2) is 0 Å². The van der Waals surface area contributed by atoms with Gasteiger partial charge < -0.3 is 28.5 Å². The summed E-state index contributed by atoms with van der Waals surface area (Å²) >= 11 is 0. The molecule has 0 saturated heterocycles. The molecule has 0 heterocycles. The van der Waals surface area contributed by atoms with Crippen molar-refractivity contribution in [1.29, 1.82) is 0 Å². The third-order valence-electron chi connectivity index (χ3n) is 14.0. The lowest BCUT2D eigenvalue weighted by molar-refractivity contribution is -0.870. The molecule has 9 nitrogen and oxygen atoms in total. The molecule has 0 aromatic carbocycles. The van der Waals surface area contributed by atoms with Crippen LogP contribution < -0.4 is 10.2 Å². The zero-order valence-electron chi connectivity index (χ0n) is 52.1. The molecule has 0 rings (SSSR count). The number of nitrogens with zero attached hydrogens (tertiary/aromatic N) is 1. The molecule has 456 valence electrons. The van der Waals surface area contributed by atoms with E-state index < -0.39 is 26.6 Å². The maximum Gasteiger partial charge on any atom is 0.306 e. The highest BCUT2D eigenvalue weighted by Crippen LogP contribution is 2.38. The van der Waals surface area contributed by atoms with Gasteiger partial charge in [0.05, 0.1) is 33.8 Å². The van der Waals surface area contributed by atoms with E-state index >= 15 is 0 Å². The minimum atomic E-state index is -4.73. The average molecular weight is 1120 g/mol. The molecule has 1 N–H and O–H groups in total. The van der Waals surface area contributed by atoms with Crippen LogP contribution in [-0.2, 0) is 27.9 Å². The van der Waals surface area contributed by atoms with Crippen LogP contribution in [0.4, 0.5) is 0 Å². The van der Waals surface area contributed by atoms with E-state index in [-0.39, 0.29) is 31.3 Å². The molecular weight excluding hydrogens is 1000 g/mol. The third-order valence-corrected chi connectivity index (χ3v) is 15.0. The van der Waals surface area contributed by atoms with E-state index in [9.17, 15) is 19.0 Å². The van der Waals surface area contributed by atoms with Crippen LogP contribution in [-0.4, -0.2) is 69.4 Å². The van der Waals surface area contributed by atoms with Gasteiger partial charge in [0.2, 0.25) is 5.91 Å². The molecule has 0 radical (unpaired) electrons. The Morgan fingerprint density at radius 1 is 0.456 bits per heavy atom. The number of phosphoric ester groups is 1. The lowest BCUT2D eigenvalue weighted by atomic mass is 10.0. The second-order valence-corrected chi connectivity index (χ2v) is 24.3. The Morgan fingerprint density at radius 3 is 1.24 bits per heavy atom. The maximum atomic E-state index is 13.5. The Labute approximate surface area is 488 Å². The van der Waals surface area contributed by atoms with Crippen LogP contribution in [0.25, 0.3) is 0 Å². The molecule has 0 aliphatic rings. The molecule has 10 heteroatoms. The van der Waals surface area contributed by atoms with Crippen LogP contribution in [0, 0.1) is 0 Å². The second kappa shape index (κ2) is 58.1. The number of carbonyl (C=O) groups excluding carboxylic acids is 2. The lowest BCUT2D eigenvalue weighted by Gasteiger charge is -2.30. The summed E-state index contributed by atoms with van der Waals surface area (Å²) in [6.45, 7) is 6.68. The summed E-state index contributed by atoms with van der Waals surface area (Å²) in [7, 11) is 1.13. The van der Waals surface area contributed by atoms with Gasteiger partial charge in [-0.25, -0.2) is 0 Å². The zero-order valence-corrected chi connectivity index (χ0v) is 52.9. The quantitative estimate of drug-likeness (QED) is 0.0212. The largest absolute Gasteiger partial charge is 0.756 e. The third kappa shape index (κ3) is 59.4. The highest BCUT2D eigenvalue weighted by atomic mass is 31.2. The van der Waals surface area contributed by atoms with Gasteiger partial charge in [0, 0.05) is 12.8 Å². The predicted molar refractivity (Wildman–Crippen MR) is 339 cm³/mol. The van der Waals surface area contributed by atoms with Crippen molar-refractivity contribution in [2.24, 2.45) is 0 Å². The van der Waals surface area contributed by atoms with Crippen molar-refractivity contribution >= 4 is 19.7 Å². The number of ether oxygens (including phenoxy) is 1. The van der Waals surface area contributed by atoms with Crippen molar-refractivity contribution in [2.45, 2.75) is 290 Å². The van der Waals surface area contributed by atoms with Crippen molar-refractivity contribution < 1.29 is 37.3 Å². The van der Waals surface area contributed by atoms with Gasteiger partial charge in [-0.2, -0.15) is 0 Å². The average Bonchev–Trinajstić information content (AvgIpc) is 3.41. The SMILES string of the molecule is CC/C=C\C/C=C\C/C=C\C/C=C\C/C=C\C/C=C\CCC(=O)NC(COP(=O)([O-])OCC[N+](C)(C)C)C(/C=C/CCCCCCCCCCCCC)OC(=O)CCCCCCCCCCCCC/C=C/CCCCCCCC. The molecule has 0 saturated carbocycles. The number of quaternary nitrogens is 1. The Morgan fingerprint density at radius 2 is 0.823 bits per heavy atom. The molecule has 79 heavy (non-hydrogen) atoms. The topological polar surface area (TPSA) is 114 Å². The molecule has 0 fully saturated rings. The number of rotatable bonds is 58. The fourth-order valence-electron chi connectivity index (χ4n) is 9.01. The van der Waals surface area contributed by atoms with Gasteiger partial charge >= 0.3 is 5.97 Å². The fourth-order valence-corrected chi connectivity index (χ4v) is 9.73. The molecule has 0 aliphatic heterocycles. The van der Waals surface area contributed by atoms with Gasteiger partial charge in [-0.15, -0.1) is 0 Å². The number of esters is 1. The van der Waals surface area contributed by atoms with Crippen molar-refractivity contribution in [1.82, 2.24) is 5.32 Å². The van der Waals surface area contributed by atoms with Gasteiger partial charge in [-0.1, -0.05) is 266 Å². The van der Waals surface area contributed by atoms with Crippen molar-refractivity contribution in [3.63, 3.8) is 0 Å². The molecule has 3 unspecified atom stereocenters. The van der Waals surface area contributed by atoms with Crippen LogP contribution in [0.5, 0.6) is 0 Å². The normalized spacial score (nSPS) is 14.3. The first-order chi connectivity index (χ1) is 38.4. The Balaban J connectivity index is 5.33. The number of nitrogens with one attached hydrogen (secondary N) is 1. The molecular formula is C69H123N2O7P. The minimum absolute atomic E-state index is 0.0395. The molecule has 1 amide bonds. The predicted octanol–water partition coefficient (Wildman–Crippen LogP) is 19.7. The highest BCUT2D eigenvalue weighted by molar-refractivity contribution is 7.45. The highest BCUT2D eigenvalue weighted by Gasteiger charge is 2.27. The first-order valence-corrected chi connectivity index (χ1v) is 34.0. The molecule has 0 aliphatic carbocycles. The van der Waals surface area contributed by atoms with E-state index in [1.54, 1.807) is 0 Å². The zero-order chi connectivity index (χ0) is 57.9. The summed E-state index contributed by atoms with van der Waals surface area (Å²) in [5, 5.41) is 2.98. The second-order valence-electron chi connectivity index (χ2n) is 22.9. The van der Waals surface area contributed by atoms with Crippen molar-refractivity contribution in [3.05, 3.63) is 97.2 Å². The summed E-state index contributed by atoms with van der Waals surface area (Å²) in [6.07, 6.45) is 78.2. The Bertz CT molecular complexity index is 1670. The maximum absolute atomic E-state index is 13.5. The number of allylic oxidation sites excluding steroid dienone is 15. The first-order valence-electron chi connectivity index (χ1n) is 32.5. The van der Waals surface area contributed by atoms with Crippen LogP contribution in [0.3, 0.4) is 0 Å². The van der Waals surface area contributed by atoms with Gasteiger partial charge in [-0.3, -0.25) is 14.2 Å². The van der Waals surface area contributed by atoms with Crippen molar-refractivity contribution in [3.8, 4) is 0 Å². The Kier molecular flexibility index (Phi) is 55.9. The fraction of sp³-hybridized carbons (Fsp3) is 0.739. The number of hydrogen-bond donors (Lipinski definition) is 1. The van der Waals surface area contributed by atoms with E-state index in [1.807, 2.05) is 45.4 Å². The molecule has 0 spiro atoms. The number of likely N-dealkylation sites (N-methyl/N-ethyl adjacent to an activating group) is 1. The standard InChI is InChI=1S/C69H123N2O7P/c1-7-10-13-16-19-22-25-28-30-32-34-35-37-39-41-44-47-50-53-56-59-62-69(73)78-67(60-57-54-51-48-45-42-27-24-21-18-15-12-9-3)66(65-77-79(74,75)76-64-63-71(4,5)6)70-68(72)61-58-55-52-49-46-43-40-38-36-33-31-29-26-23-20-17-14-11-8-2/h11,14,20,23,28-31,36,38,43,46,52,55,57,60,66-67H,7-10,12-13,15-19,21-22,24-27,32-35,37,39-42,44-45,47-51,53-54,56,58-59,61-65H2,1-6H3,(H-,70,72,74,75)/b14-11-,23-20-,30-28+,31-29-,38-36-,46-43-,55-52-,60-57+. The van der Waals surface area contributed by atoms with Crippen LogP contribution >= 0.6 is 7.82 Å². The van der Waals surface area contributed by atoms with Crippen LogP contribution in [0.1, 0.15) is 278 Å². The summed E-state index contributed by atoms with van der Waals surface area (Å²) in [5.74, 6) is -0.638. The summed E-state index contributed by atoms with van der Waals surface area (Å²) in [6, 6.07) is -0.934. The van der Waals surface area contributed by atoms with Gasteiger partial charge in [0.25, 0.3) is 7.82 Å². The lowest BCUT2D eigenvalue weighted by Crippen LogP contribution is -2.47. The van der Waals surface area contributed by atoms with E-state index in [1.165, 1.54) is 161 Å². The molecule has 3 atom stereocenters. The minimum Gasteiger partial charge on any atom is -0.756 e. The van der Waals surface area contributed by atoms with Crippen molar-refractivity contribution in [2.75, 3.05) is 40.9 Å². The van der Waals surface area contributed by atoms with E-state index in [4.69, 9.17) is 13.8 Å². The van der Waals surface area contributed by atoms with E-state index in [2.05, 4.69) is 99.0 Å². The van der Waals surface area contributed by atoms with Gasteiger partial charge in [0.1, 0.15) is 19.3 Å². The number of unbranched alkanes of at least 4 members (excludes halogenated alkanes) is 28. The summed E-state index contributed by atoms with van der Waals surface area (Å²) in [4.78, 5) is 40.0. The summed E-state index contributed by atoms with van der Waals surface area (Å²) in [5.41, 5.74) is 0. The smallest absolute Gasteiger partial charge is 0.306 e. The number of phosphoric acid groups is 1. The van der Waals surface area contributed by atoms with E-state index in [0.29, 0.717) is 17.4 Å². The molecule has 0 aromatic heterocycles. The Hall–Kier alpha value is -3.07. The van der Waals surface area contributed by atoms with Crippen LogP contribution in [0.15, 0.2) is 97.2 Å². The first kappa shape index (κ1) is 75.9. The van der Waals surface area contributed by atoms with Crippen LogP contribution in [0.2, 0.25) is 0 Å². The van der Waals surface area contributed by atoms with Gasteiger partial charge in [-0.05, 0) is 96.0 Å². The molecule has 0 aromatic rings. The number of amides is 1. The monoisotopic (exact) mass is 1120 g/mol. The number of hydrogen-bond acceptors (Lipinski definition) is 7. The molecule has 0 bridgehead atoms. The number of carbonyl (C=O) groups is 2. The van der Waals surface area contributed by atoms with E-state index in [0.717, 1.165) is 77.0 Å². The summed E-state index contributed by atoms with van der Waals surface area (Å²) < 4.78 is 30.3.